The van der Waals surface area contributed by atoms with Crippen molar-refractivity contribution < 1.29 is 14.4 Å². The first-order valence-corrected chi connectivity index (χ1v) is 12.5. The Morgan fingerprint density at radius 2 is 1.71 bits per heavy atom. The summed E-state index contributed by atoms with van der Waals surface area (Å²) in [5.74, 6) is 0.141. The normalized spacial score (nSPS) is 13.4. The molecule has 2 aromatic carbocycles. The molecule has 34 heavy (non-hydrogen) atoms. The molecule has 1 unspecified atom stereocenters. The van der Waals surface area contributed by atoms with E-state index >= 15 is 0 Å². The van der Waals surface area contributed by atoms with Gasteiger partial charge in [0, 0.05) is 34.5 Å². The summed E-state index contributed by atoms with van der Waals surface area (Å²) in [6.45, 7) is 4.49. The highest BCUT2D eigenvalue weighted by molar-refractivity contribution is 8.00. The molecule has 9 heteroatoms. The highest BCUT2D eigenvalue weighted by Crippen LogP contribution is 2.31. The lowest BCUT2D eigenvalue weighted by Gasteiger charge is -2.18. The Labute approximate surface area is 204 Å². The van der Waals surface area contributed by atoms with Crippen LogP contribution in [0.25, 0.3) is 10.7 Å². The summed E-state index contributed by atoms with van der Waals surface area (Å²) in [5, 5.41) is 13.7. The number of nitrogens with one attached hydrogen (secondary N) is 1. The summed E-state index contributed by atoms with van der Waals surface area (Å²) in [5.41, 5.74) is 1.90. The molecule has 1 amide bonds. The van der Waals surface area contributed by atoms with E-state index in [1.807, 2.05) is 29.0 Å². The fraction of sp³-hybridized carbons (Fsp3) is 0.160. The van der Waals surface area contributed by atoms with Gasteiger partial charge in [-0.2, -0.15) is 0 Å². The van der Waals surface area contributed by atoms with Crippen LogP contribution < -0.4 is 5.32 Å². The number of carbonyl (C=O) groups excluding carboxylic acids is 3. The zero-order valence-electron chi connectivity index (χ0n) is 18.4. The lowest BCUT2D eigenvalue weighted by Crippen LogP contribution is -2.24. The molecule has 2 aromatic heterocycles. The number of fused-ring (bicyclic) bond motifs is 2. The third-order valence-electron chi connectivity index (χ3n) is 5.62. The Morgan fingerprint density at radius 3 is 2.38 bits per heavy atom. The van der Waals surface area contributed by atoms with Gasteiger partial charge in [0.2, 0.25) is 5.91 Å². The zero-order valence-corrected chi connectivity index (χ0v) is 20.1. The van der Waals surface area contributed by atoms with Crippen LogP contribution in [0.4, 0.5) is 5.69 Å². The summed E-state index contributed by atoms with van der Waals surface area (Å²) in [4.78, 5) is 39.7. The van der Waals surface area contributed by atoms with Gasteiger partial charge < -0.3 is 9.88 Å². The van der Waals surface area contributed by atoms with Crippen LogP contribution in [-0.2, 0) is 11.3 Å². The minimum atomic E-state index is -0.459. The minimum Gasteiger partial charge on any atom is -0.325 e. The number of thiophene rings is 1. The van der Waals surface area contributed by atoms with Crippen LogP contribution in [0.3, 0.4) is 0 Å². The molecular weight excluding hydrogens is 468 g/mol. The van der Waals surface area contributed by atoms with Crippen molar-refractivity contribution in [2.45, 2.75) is 30.8 Å². The summed E-state index contributed by atoms with van der Waals surface area (Å²) in [7, 11) is 0. The number of amides is 1. The molecule has 1 aliphatic carbocycles. The van der Waals surface area contributed by atoms with Gasteiger partial charge in [0.05, 0.1) is 10.1 Å². The van der Waals surface area contributed by atoms with Crippen LogP contribution in [0.5, 0.6) is 0 Å². The minimum absolute atomic E-state index is 0.188. The number of benzene rings is 2. The number of nitrogens with zero attached hydrogens (tertiary/aromatic N) is 3. The number of hydrogen-bond acceptors (Lipinski definition) is 7. The first kappa shape index (κ1) is 22.2. The Balaban J connectivity index is 1.34. The second-order valence-electron chi connectivity index (χ2n) is 7.74. The third-order valence-corrected chi connectivity index (χ3v) is 7.57. The van der Waals surface area contributed by atoms with Crippen molar-refractivity contribution in [3.05, 3.63) is 82.2 Å². The molecule has 1 aliphatic rings. The molecule has 4 aromatic rings. The van der Waals surface area contributed by atoms with Gasteiger partial charge in [0.25, 0.3) is 0 Å². The van der Waals surface area contributed by atoms with Crippen LogP contribution in [0.15, 0.2) is 65.1 Å². The highest BCUT2D eigenvalue weighted by atomic mass is 32.2. The van der Waals surface area contributed by atoms with Crippen molar-refractivity contribution in [3.8, 4) is 10.7 Å². The van der Waals surface area contributed by atoms with E-state index in [9.17, 15) is 14.4 Å². The van der Waals surface area contributed by atoms with E-state index in [1.54, 1.807) is 60.7 Å². The Bertz CT molecular complexity index is 1430. The number of anilines is 1. The number of ketones is 2. The fourth-order valence-corrected chi connectivity index (χ4v) is 5.51. The summed E-state index contributed by atoms with van der Waals surface area (Å²) >= 11 is 2.91. The van der Waals surface area contributed by atoms with Crippen LogP contribution in [0.2, 0.25) is 0 Å². The Hall–Kier alpha value is -3.56. The van der Waals surface area contributed by atoms with Crippen LogP contribution >= 0.6 is 23.1 Å². The highest BCUT2D eigenvalue weighted by Gasteiger charge is 2.30. The molecule has 0 aliphatic heterocycles. The van der Waals surface area contributed by atoms with Gasteiger partial charge in [-0.25, -0.2) is 0 Å². The van der Waals surface area contributed by atoms with E-state index in [0.29, 0.717) is 39.6 Å². The molecular formula is C25H20N4O3S2. The van der Waals surface area contributed by atoms with Crippen LogP contribution in [-0.4, -0.2) is 37.5 Å². The maximum Gasteiger partial charge on any atom is 0.237 e. The predicted molar refractivity (Wildman–Crippen MR) is 133 cm³/mol. The largest absolute Gasteiger partial charge is 0.325 e. The van der Waals surface area contributed by atoms with Crippen molar-refractivity contribution in [1.29, 1.82) is 0 Å². The van der Waals surface area contributed by atoms with E-state index in [4.69, 9.17) is 0 Å². The van der Waals surface area contributed by atoms with Crippen molar-refractivity contribution in [1.82, 2.24) is 14.8 Å². The van der Waals surface area contributed by atoms with Crippen molar-refractivity contribution >= 4 is 46.3 Å². The van der Waals surface area contributed by atoms with Gasteiger partial charge in [-0.1, -0.05) is 42.1 Å². The zero-order chi connectivity index (χ0) is 23.8. The standard InChI is InChI=1S/C25H20N4O3S2/c1-3-29-23(20-9-6-12-33-20)27-28-25(29)34-14(2)24(32)26-15-10-11-18-19(13-15)22(31)17-8-5-4-7-16(17)21(18)30/h4-14H,3H2,1-2H3,(H,26,32). The number of hydrogen-bond donors (Lipinski definition) is 1. The molecule has 1 atom stereocenters. The summed E-state index contributed by atoms with van der Waals surface area (Å²) in [6, 6.07) is 15.6. The number of thioether (sulfide) groups is 1. The lowest BCUT2D eigenvalue weighted by molar-refractivity contribution is -0.115. The number of carbonyl (C=O) groups is 3. The fourth-order valence-electron chi connectivity index (χ4n) is 3.88. The molecule has 0 saturated heterocycles. The van der Waals surface area contributed by atoms with E-state index in [0.717, 1.165) is 10.7 Å². The molecule has 0 radical (unpaired) electrons. The maximum atomic E-state index is 13.0. The SMILES string of the molecule is CCn1c(SC(C)C(=O)Nc2ccc3c(c2)C(=O)c2ccccc2C3=O)nnc1-c1cccs1. The number of rotatable bonds is 6. The van der Waals surface area contributed by atoms with Crippen molar-refractivity contribution in [2.24, 2.45) is 0 Å². The van der Waals surface area contributed by atoms with Gasteiger partial charge >= 0.3 is 0 Å². The maximum absolute atomic E-state index is 13.0. The molecule has 0 fully saturated rings. The quantitative estimate of drug-likeness (QED) is 0.341. The predicted octanol–water partition coefficient (Wildman–Crippen LogP) is 4.92. The third kappa shape index (κ3) is 3.86. The molecule has 1 N–H and O–H groups in total. The smallest absolute Gasteiger partial charge is 0.237 e. The van der Waals surface area contributed by atoms with Crippen molar-refractivity contribution in [2.75, 3.05) is 5.32 Å². The summed E-state index contributed by atoms with van der Waals surface area (Å²) < 4.78 is 1.99. The average Bonchev–Trinajstić information content (AvgIpc) is 3.52. The first-order valence-electron chi connectivity index (χ1n) is 10.7. The van der Waals surface area contributed by atoms with Crippen LogP contribution in [0, 0.1) is 0 Å². The molecule has 0 spiro atoms. The molecule has 5 rings (SSSR count). The van der Waals surface area contributed by atoms with E-state index < -0.39 is 5.25 Å². The second-order valence-corrected chi connectivity index (χ2v) is 10.00. The topological polar surface area (TPSA) is 94.0 Å². The second kappa shape index (κ2) is 9.00. The lowest BCUT2D eigenvalue weighted by atomic mass is 9.84. The number of aromatic nitrogens is 3. The molecule has 0 bridgehead atoms. The Morgan fingerprint density at radius 1 is 1.00 bits per heavy atom. The van der Waals surface area contributed by atoms with E-state index in [-0.39, 0.29) is 17.5 Å². The average molecular weight is 489 g/mol. The molecule has 0 saturated carbocycles. The monoisotopic (exact) mass is 488 g/mol. The van der Waals surface area contributed by atoms with Gasteiger partial charge in [-0.15, -0.1) is 21.5 Å². The molecule has 170 valence electrons. The Kier molecular flexibility index (Phi) is 5.89. The first-order chi connectivity index (χ1) is 16.5. The summed E-state index contributed by atoms with van der Waals surface area (Å²) in [6.07, 6.45) is 0. The molecule has 2 heterocycles. The van der Waals surface area contributed by atoms with E-state index in [1.165, 1.54) is 11.8 Å². The molecule has 7 nitrogen and oxygen atoms in total. The van der Waals surface area contributed by atoms with Gasteiger partial charge in [0.1, 0.15) is 0 Å². The van der Waals surface area contributed by atoms with Crippen molar-refractivity contribution in [3.63, 3.8) is 0 Å². The van der Waals surface area contributed by atoms with Crippen LogP contribution in [0.1, 0.15) is 45.7 Å². The van der Waals surface area contributed by atoms with Gasteiger partial charge in [-0.05, 0) is 43.5 Å². The van der Waals surface area contributed by atoms with Gasteiger partial charge in [0.15, 0.2) is 22.5 Å². The van der Waals surface area contributed by atoms with E-state index in [2.05, 4.69) is 15.5 Å². The van der Waals surface area contributed by atoms with Gasteiger partial charge in [-0.3, -0.25) is 14.4 Å².